The van der Waals surface area contributed by atoms with Crippen molar-refractivity contribution in [1.29, 1.82) is 5.26 Å². The second-order valence-electron chi connectivity index (χ2n) is 6.49. The van der Waals surface area contributed by atoms with Crippen LogP contribution in [0.5, 0.6) is 0 Å². The van der Waals surface area contributed by atoms with Crippen LogP contribution < -0.4 is 9.80 Å². The standard InChI is InChI=1S/C20H23N3/c1-12-10-19(15(4)14(3)13(12)2)23-16(5)22(6)20-17(11-21)8-7-9-18(20)23/h7-10,16H,1-6H3/t16-/m0/s1. The summed E-state index contributed by atoms with van der Waals surface area (Å²) in [5.74, 6) is 0. The summed E-state index contributed by atoms with van der Waals surface area (Å²) in [5, 5.41) is 9.45. The number of aryl methyl sites for hydroxylation is 1. The highest BCUT2D eigenvalue weighted by Gasteiger charge is 2.34. The van der Waals surface area contributed by atoms with Crippen molar-refractivity contribution in [2.24, 2.45) is 0 Å². The molecule has 23 heavy (non-hydrogen) atoms. The largest absolute Gasteiger partial charge is 0.351 e. The molecular formula is C20H23N3. The fourth-order valence-electron chi connectivity index (χ4n) is 3.52. The van der Waals surface area contributed by atoms with Gasteiger partial charge < -0.3 is 9.80 Å². The lowest BCUT2D eigenvalue weighted by molar-refractivity contribution is 0.731. The van der Waals surface area contributed by atoms with Gasteiger partial charge in [0, 0.05) is 12.7 Å². The fourth-order valence-corrected chi connectivity index (χ4v) is 3.52. The fraction of sp³-hybridized carbons (Fsp3) is 0.350. The van der Waals surface area contributed by atoms with Crippen molar-refractivity contribution in [1.82, 2.24) is 0 Å². The summed E-state index contributed by atoms with van der Waals surface area (Å²) >= 11 is 0. The summed E-state index contributed by atoms with van der Waals surface area (Å²) < 4.78 is 0. The number of benzene rings is 2. The van der Waals surface area contributed by atoms with Crippen molar-refractivity contribution in [3.8, 4) is 6.07 Å². The third-order valence-electron chi connectivity index (χ3n) is 5.40. The zero-order valence-corrected chi connectivity index (χ0v) is 14.7. The van der Waals surface area contributed by atoms with E-state index in [0.717, 1.165) is 16.9 Å². The van der Waals surface area contributed by atoms with Crippen LogP contribution in [-0.4, -0.2) is 13.2 Å². The molecule has 3 nitrogen and oxygen atoms in total. The van der Waals surface area contributed by atoms with Crippen molar-refractivity contribution in [2.75, 3.05) is 16.8 Å². The molecule has 1 aliphatic heterocycles. The molecule has 0 aromatic heterocycles. The van der Waals surface area contributed by atoms with Gasteiger partial charge in [-0.1, -0.05) is 6.07 Å². The van der Waals surface area contributed by atoms with E-state index >= 15 is 0 Å². The number of rotatable bonds is 1. The van der Waals surface area contributed by atoms with Crippen LogP contribution in [0, 0.1) is 39.0 Å². The zero-order chi connectivity index (χ0) is 16.9. The number of hydrogen-bond donors (Lipinski definition) is 0. The summed E-state index contributed by atoms with van der Waals surface area (Å²) in [6.45, 7) is 10.9. The highest BCUT2D eigenvalue weighted by atomic mass is 15.4. The second-order valence-corrected chi connectivity index (χ2v) is 6.49. The average Bonchev–Trinajstić information content (AvgIpc) is 2.80. The van der Waals surface area contributed by atoms with Crippen molar-refractivity contribution in [2.45, 2.75) is 40.8 Å². The van der Waals surface area contributed by atoms with Crippen LogP contribution in [0.2, 0.25) is 0 Å². The summed E-state index contributed by atoms with van der Waals surface area (Å²) in [4.78, 5) is 4.54. The van der Waals surface area contributed by atoms with E-state index in [4.69, 9.17) is 0 Å². The Morgan fingerprint density at radius 1 is 1.00 bits per heavy atom. The molecular weight excluding hydrogens is 282 g/mol. The summed E-state index contributed by atoms with van der Waals surface area (Å²) in [5.41, 5.74) is 9.43. The van der Waals surface area contributed by atoms with Crippen LogP contribution in [-0.2, 0) is 0 Å². The number of nitriles is 1. The molecule has 2 aromatic rings. The minimum Gasteiger partial charge on any atom is -0.351 e. The van der Waals surface area contributed by atoms with Crippen LogP contribution in [0.15, 0.2) is 24.3 Å². The van der Waals surface area contributed by atoms with Crippen LogP contribution >= 0.6 is 0 Å². The Morgan fingerprint density at radius 3 is 2.35 bits per heavy atom. The van der Waals surface area contributed by atoms with E-state index in [0.29, 0.717) is 0 Å². The summed E-state index contributed by atoms with van der Waals surface area (Å²) in [7, 11) is 2.06. The first-order valence-corrected chi connectivity index (χ1v) is 8.01. The molecule has 3 rings (SSSR count). The molecule has 1 aliphatic rings. The second kappa shape index (κ2) is 5.31. The molecule has 3 heteroatoms. The first-order valence-electron chi connectivity index (χ1n) is 8.01. The van der Waals surface area contributed by atoms with Crippen LogP contribution in [0.1, 0.15) is 34.7 Å². The molecule has 118 valence electrons. The monoisotopic (exact) mass is 305 g/mol. The minimum atomic E-state index is 0.180. The van der Waals surface area contributed by atoms with Gasteiger partial charge in [0.2, 0.25) is 0 Å². The molecule has 0 radical (unpaired) electrons. The zero-order valence-electron chi connectivity index (χ0n) is 14.7. The molecule has 1 heterocycles. The molecule has 2 aromatic carbocycles. The van der Waals surface area contributed by atoms with Crippen LogP contribution in [0.4, 0.5) is 17.1 Å². The Balaban J connectivity index is 2.27. The predicted molar refractivity (Wildman–Crippen MR) is 96.6 cm³/mol. The Kier molecular flexibility index (Phi) is 3.56. The van der Waals surface area contributed by atoms with E-state index in [9.17, 15) is 5.26 Å². The Labute approximate surface area is 138 Å². The Hall–Kier alpha value is -2.47. The third-order valence-corrected chi connectivity index (χ3v) is 5.40. The van der Waals surface area contributed by atoms with Gasteiger partial charge >= 0.3 is 0 Å². The lowest BCUT2D eigenvalue weighted by Crippen LogP contribution is -2.36. The molecule has 1 atom stereocenters. The maximum absolute atomic E-state index is 9.45. The van der Waals surface area contributed by atoms with Crippen LogP contribution in [0.3, 0.4) is 0 Å². The van der Waals surface area contributed by atoms with Crippen molar-refractivity contribution >= 4 is 17.1 Å². The normalized spacial score (nSPS) is 16.5. The number of anilines is 3. The maximum Gasteiger partial charge on any atom is 0.103 e. The topological polar surface area (TPSA) is 30.3 Å². The molecule has 0 aliphatic carbocycles. The minimum absolute atomic E-state index is 0.180. The number of para-hydroxylation sites is 1. The van der Waals surface area contributed by atoms with Crippen molar-refractivity contribution in [3.63, 3.8) is 0 Å². The molecule has 0 N–H and O–H groups in total. The highest BCUT2D eigenvalue weighted by molar-refractivity contribution is 5.88. The van der Waals surface area contributed by atoms with Crippen molar-refractivity contribution < 1.29 is 0 Å². The lowest BCUT2D eigenvalue weighted by Gasteiger charge is -2.30. The van der Waals surface area contributed by atoms with Gasteiger partial charge in [-0.2, -0.15) is 5.26 Å². The first-order chi connectivity index (χ1) is 10.9. The van der Waals surface area contributed by atoms with Gasteiger partial charge in [0.25, 0.3) is 0 Å². The number of nitrogens with zero attached hydrogens (tertiary/aromatic N) is 3. The molecule has 0 spiro atoms. The van der Waals surface area contributed by atoms with Gasteiger partial charge in [-0.05, 0) is 75.1 Å². The van der Waals surface area contributed by atoms with Gasteiger partial charge in [0.1, 0.15) is 12.2 Å². The van der Waals surface area contributed by atoms with E-state index in [1.54, 1.807) is 0 Å². The Bertz CT molecular complexity index is 830. The first kappa shape index (κ1) is 15.4. The molecule has 0 saturated carbocycles. The number of hydrogen-bond acceptors (Lipinski definition) is 3. The molecule has 0 amide bonds. The molecule has 0 unspecified atom stereocenters. The smallest absolute Gasteiger partial charge is 0.103 e. The van der Waals surface area contributed by atoms with E-state index in [1.165, 1.54) is 27.9 Å². The molecule has 0 bridgehead atoms. The average molecular weight is 305 g/mol. The Morgan fingerprint density at radius 2 is 1.70 bits per heavy atom. The number of fused-ring (bicyclic) bond motifs is 1. The van der Waals surface area contributed by atoms with E-state index in [2.05, 4.69) is 69.7 Å². The van der Waals surface area contributed by atoms with Gasteiger partial charge in [0.05, 0.1) is 16.9 Å². The van der Waals surface area contributed by atoms with Gasteiger partial charge in [-0.3, -0.25) is 0 Å². The molecule has 0 fully saturated rings. The van der Waals surface area contributed by atoms with Crippen LogP contribution in [0.25, 0.3) is 0 Å². The van der Waals surface area contributed by atoms with Crippen molar-refractivity contribution in [3.05, 3.63) is 52.1 Å². The van der Waals surface area contributed by atoms with E-state index < -0.39 is 0 Å². The van der Waals surface area contributed by atoms with Gasteiger partial charge in [0.15, 0.2) is 0 Å². The van der Waals surface area contributed by atoms with E-state index in [-0.39, 0.29) is 6.17 Å². The van der Waals surface area contributed by atoms with E-state index in [1.807, 2.05) is 12.1 Å². The maximum atomic E-state index is 9.45. The lowest BCUT2D eigenvalue weighted by atomic mass is 9.97. The van der Waals surface area contributed by atoms with Gasteiger partial charge in [-0.15, -0.1) is 0 Å². The predicted octanol–water partition coefficient (Wildman–Crippen LogP) is 4.73. The summed E-state index contributed by atoms with van der Waals surface area (Å²) in [6.07, 6.45) is 0.180. The summed E-state index contributed by atoms with van der Waals surface area (Å²) in [6, 6.07) is 10.6. The SMILES string of the molecule is Cc1cc(N2c3cccc(C#N)c3N(C)[C@@H]2C)c(C)c(C)c1C. The quantitative estimate of drug-likeness (QED) is 0.763. The third kappa shape index (κ3) is 2.09. The molecule has 0 saturated heterocycles. The highest BCUT2D eigenvalue weighted by Crippen LogP contribution is 2.46. The van der Waals surface area contributed by atoms with Gasteiger partial charge in [-0.25, -0.2) is 0 Å².